The Labute approximate surface area is 157 Å². The molecule has 0 atom stereocenters. The van der Waals surface area contributed by atoms with E-state index in [9.17, 15) is 18.0 Å². The lowest BCUT2D eigenvalue weighted by molar-refractivity contribution is -0.237. The molecule has 0 aliphatic carbocycles. The number of carbonyl (C=O) groups is 1. The van der Waals surface area contributed by atoms with Gasteiger partial charge in [0.15, 0.2) is 6.29 Å². The van der Waals surface area contributed by atoms with Gasteiger partial charge in [-0.1, -0.05) is 13.8 Å². The maximum absolute atomic E-state index is 13.3. The van der Waals surface area contributed by atoms with Crippen LogP contribution in [0.3, 0.4) is 0 Å². The van der Waals surface area contributed by atoms with Crippen molar-refractivity contribution >= 4 is 11.6 Å². The molecule has 0 saturated carbocycles. The Morgan fingerprint density at radius 2 is 1.81 bits per heavy atom. The SMILES string of the molecule is CC(C)Oc1ccc(NC(=O)C2(C)COC(C(C)C)OC2)cc1C(F)(F)F. The van der Waals surface area contributed by atoms with Crippen molar-refractivity contribution in [3.8, 4) is 5.75 Å². The van der Waals surface area contributed by atoms with E-state index >= 15 is 0 Å². The number of amides is 1. The first-order chi connectivity index (χ1) is 12.4. The monoisotopic (exact) mass is 389 g/mol. The fourth-order valence-electron chi connectivity index (χ4n) is 2.61. The first kappa shape index (κ1) is 21.5. The molecule has 1 aromatic rings. The van der Waals surface area contributed by atoms with Crippen LogP contribution in [0.4, 0.5) is 18.9 Å². The van der Waals surface area contributed by atoms with E-state index in [4.69, 9.17) is 14.2 Å². The van der Waals surface area contributed by atoms with Gasteiger partial charge in [0, 0.05) is 11.6 Å². The Bertz CT molecular complexity index is 665. The zero-order valence-corrected chi connectivity index (χ0v) is 16.1. The summed E-state index contributed by atoms with van der Waals surface area (Å²) in [5.74, 6) is -0.596. The summed E-state index contributed by atoms with van der Waals surface area (Å²) in [4.78, 5) is 12.6. The maximum atomic E-state index is 13.3. The Morgan fingerprint density at radius 3 is 2.30 bits per heavy atom. The van der Waals surface area contributed by atoms with Crippen molar-refractivity contribution in [2.75, 3.05) is 18.5 Å². The van der Waals surface area contributed by atoms with Crippen LogP contribution in [0.5, 0.6) is 5.75 Å². The van der Waals surface area contributed by atoms with Gasteiger partial charge in [0.05, 0.1) is 30.3 Å². The van der Waals surface area contributed by atoms with Crippen LogP contribution in [0.25, 0.3) is 0 Å². The molecule has 1 fully saturated rings. The van der Waals surface area contributed by atoms with Crippen molar-refractivity contribution < 1.29 is 32.2 Å². The predicted molar refractivity (Wildman–Crippen MR) is 94.5 cm³/mol. The Kier molecular flexibility index (Phi) is 6.42. The second kappa shape index (κ2) is 8.06. The summed E-state index contributed by atoms with van der Waals surface area (Å²) < 4.78 is 56.4. The van der Waals surface area contributed by atoms with E-state index in [2.05, 4.69) is 5.32 Å². The number of anilines is 1. The van der Waals surface area contributed by atoms with Crippen LogP contribution in [0.2, 0.25) is 0 Å². The fourth-order valence-corrected chi connectivity index (χ4v) is 2.61. The minimum absolute atomic E-state index is 0.0376. The molecule has 27 heavy (non-hydrogen) atoms. The first-order valence-electron chi connectivity index (χ1n) is 8.85. The number of ether oxygens (including phenoxy) is 3. The Morgan fingerprint density at radius 1 is 1.22 bits per heavy atom. The van der Waals surface area contributed by atoms with Gasteiger partial charge < -0.3 is 19.5 Å². The highest BCUT2D eigenvalue weighted by atomic mass is 19.4. The highest BCUT2D eigenvalue weighted by Crippen LogP contribution is 2.38. The van der Waals surface area contributed by atoms with Crippen molar-refractivity contribution in [2.24, 2.45) is 11.3 Å². The lowest BCUT2D eigenvalue weighted by Gasteiger charge is -2.37. The van der Waals surface area contributed by atoms with Crippen molar-refractivity contribution in [1.29, 1.82) is 0 Å². The van der Waals surface area contributed by atoms with E-state index in [1.165, 1.54) is 12.1 Å². The number of hydrogen-bond acceptors (Lipinski definition) is 4. The van der Waals surface area contributed by atoms with Crippen LogP contribution in [0.15, 0.2) is 18.2 Å². The zero-order chi connectivity index (χ0) is 20.4. The molecule has 1 heterocycles. The number of halogens is 3. The summed E-state index contributed by atoms with van der Waals surface area (Å²) in [6.45, 7) is 9.07. The highest BCUT2D eigenvalue weighted by molar-refractivity contribution is 5.95. The number of hydrogen-bond donors (Lipinski definition) is 1. The smallest absolute Gasteiger partial charge is 0.420 e. The molecule has 0 aromatic heterocycles. The van der Waals surface area contributed by atoms with Gasteiger partial charge in [-0.3, -0.25) is 4.79 Å². The third-order valence-electron chi connectivity index (χ3n) is 4.13. The van der Waals surface area contributed by atoms with E-state index in [-0.39, 0.29) is 30.6 Å². The molecule has 1 aliphatic heterocycles. The van der Waals surface area contributed by atoms with E-state index < -0.39 is 35.5 Å². The number of carbonyl (C=O) groups excluding carboxylic acids is 1. The third-order valence-corrected chi connectivity index (χ3v) is 4.13. The lowest BCUT2D eigenvalue weighted by Crippen LogP contribution is -2.48. The first-order valence-corrected chi connectivity index (χ1v) is 8.85. The summed E-state index contributed by atoms with van der Waals surface area (Å²) in [5.41, 5.74) is -1.89. The number of benzene rings is 1. The van der Waals surface area contributed by atoms with Crippen LogP contribution in [0.1, 0.15) is 40.2 Å². The maximum Gasteiger partial charge on any atom is 0.420 e. The summed E-state index contributed by atoms with van der Waals surface area (Å²) >= 11 is 0. The topological polar surface area (TPSA) is 56.8 Å². The molecular formula is C19H26F3NO4. The van der Waals surface area contributed by atoms with Crippen LogP contribution >= 0.6 is 0 Å². The van der Waals surface area contributed by atoms with Crippen molar-refractivity contribution in [2.45, 2.75) is 53.2 Å². The fraction of sp³-hybridized carbons (Fsp3) is 0.632. The normalized spacial score (nSPS) is 23.6. The second-order valence-electron chi connectivity index (χ2n) is 7.62. The summed E-state index contributed by atoms with van der Waals surface area (Å²) in [6, 6.07) is 3.47. The molecule has 0 unspecified atom stereocenters. The summed E-state index contributed by atoms with van der Waals surface area (Å²) in [5, 5.41) is 2.53. The molecule has 1 aliphatic rings. The Hall–Kier alpha value is -1.80. The largest absolute Gasteiger partial charge is 0.490 e. The highest BCUT2D eigenvalue weighted by Gasteiger charge is 2.41. The van der Waals surface area contributed by atoms with E-state index in [0.717, 1.165) is 6.07 Å². The van der Waals surface area contributed by atoms with Gasteiger partial charge in [-0.2, -0.15) is 13.2 Å². The predicted octanol–water partition coefficient (Wildman–Crippen LogP) is 4.47. The average Bonchev–Trinajstić information content (AvgIpc) is 2.55. The Balaban J connectivity index is 2.16. The molecule has 152 valence electrons. The average molecular weight is 389 g/mol. The lowest BCUT2D eigenvalue weighted by atomic mass is 9.90. The molecule has 1 saturated heterocycles. The third kappa shape index (κ3) is 5.35. The number of alkyl halides is 3. The molecule has 0 bridgehead atoms. The molecule has 2 rings (SSSR count). The molecule has 0 radical (unpaired) electrons. The number of nitrogens with one attached hydrogen (secondary N) is 1. The molecule has 0 spiro atoms. The van der Waals surface area contributed by atoms with Gasteiger partial charge >= 0.3 is 6.18 Å². The van der Waals surface area contributed by atoms with Gasteiger partial charge in [-0.25, -0.2) is 0 Å². The van der Waals surface area contributed by atoms with Crippen LogP contribution in [0, 0.1) is 11.3 Å². The van der Waals surface area contributed by atoms with Gasteiger partial charge in [-0.15, -0.1) is 0 Å². The molecule has 1 N–H and O–H groups in total. The quantitative estimate of drug-likeness (QED) is 0.808. The molecular weight excluding hydrogens is 363 g/mol. The summed E-state index contributed by atoms with van der Waals surface area (Å²) in [7, 11) is 0. The zero-order valence-electron chi connectivity index (χ0n) is 16.1. The minimum atomic E-state index is -4.60. The van der Waals surface area contributed by atoms with Crippen molar-refractivity contribution in [1.82, 2.24) is 0 Å². The van der Waals surface area contributed by atoms with Crippen LogP contribution in [-0.4, -0.2) is 31.5 Å². The molecule has 1 aromatic carbocycles. The molecule has 1 amide bonds. The van der Waals surface area contributed by atoms with Crippen LogP contribution in [-0.2, 0) is 20.4 Å². The van der Waals surface area contributed by atoms with Crippen LogP contribution < -0.4 is 10.1 Å². The van der Waals surface area contributed by atoms with Crippen molar-refractivity contribution in [3.63, 3.8) is 0 Å². The summed E-state index contributed by atoms with van der Waals surface area (Å²) in [6.07, 6.45) is -5.40. The second-order valence-corrected chi connectivity index (χ2v) is 7.62. The standard InChI is InChI=1S/C19H26F3NO4/c1-11(2)16-25-9-18(5,10-26-16)17(24)23-13-6-7-15(27-12(3)4)14(8-13)19(20,21)22/h6-8,11-12,16H,9-10H2,1-5H3,(H,23,24). The van der Waals surface area contributed by atoms with Gasteiger partial charge in [0.1, 0.15) is 5.75 Å². The van der Waals surface area contributed by atoms with Crippen molar-refractivity contribution in [3.05, 3.63) is 23.8 Å². The van der Waals surface area contributed by atoms with Gasteiger partial charge in [0.2, 0.25) is 5.91 Å². The van der Waals surface area contributed by atoms with E-state index in [1.54, 1.807) is 20.8 Å². The van der Waals surface area contributed by atoms with E-state index in [0.29, 0.717) is 0 Å². The van der Waals surface area contributed by atoms with Gasteiger partial charge in [0.25, 0.3) is 0 Å². The molecule has 5 nitrogen and oxygen atoms in total. The van der Waals surface area contributed by atoms with E-state index in [1.807, 2.05) is 13.8 Å². The van der Waals surface area contributed by atoms with Gasteiger partial charge in [-0.05, 0) is 39.0 Å². The molecule has 8 heteroatoms. The minimum Gasteiger partial charge on any atom is -0.490 e. The number of rotatable bonds is 5.